The average molecular weight is 251 g/mol. The predicted molar refractivity (Wildman–Crippen MR) is 72.4 cm³/mol. The molecule has 4 nitrogen and oxygen atoms in total. The van der Waals surface area contributed by atoms with E-state index in [9.17, 15) is 5.11 Å². The molecule has 1 heterocycles. The zero-order valence-electron chi connectivity index (χ0n) is 11.7. The summed E-state index contributed by atoms with van der Waals surface area (Å²) < 4.78 is 1.89. The van der Waals surface area contributed by atoms with Gasteiger partial charge in [-0.1, -0.05) is 19.3 Å². The highest BCUT2D eigenvalue weighted by Gasteiger charge is 2.29. The summed E-state index contributed by atoms with van der Waals surface area (Å²) in [5.41, 5.74) is 1.91. The first-order chi connectivity index (χ1) is 8.52. The van der Waals surface area contributed by atoms with Crippen LogP contribution in [0.1, 0.15) is 56.3 Å². The second kappa shape index (κ2) is 5.41. The third-order valence-electron chi connectivity index (χ3n) is 4.26. The Morgan fingerprint density at radius 3 is 2.67 bits per heavy atom. The van der Waals surface area contributed by atoms with Crippen LogP contribution < -0.4 is 5.32 Å². The van der Waals surface area contributed by atoms with Crippen molar-refractivity contribution in [3.05, 3.63) is 17.5 Å². The summed E-state index contributed by atoms with van der Waals surface area (Å²) in [6, 6.07) is 0.240. The van der Waals surface area contributed by atoms with Crippen LogP contribution in [0.5, 0.6) is 0 Å². The normalized spacial score (nSPS) is 20.9. The number of aliphatic hydroxyl groups is 1. The lowest BCUT2D eigenvalue weighted by atomic mass is 9.84. The molecule has 1 aliphatic carbocycles. The van der Waals surface area contributed by atoms with Gasteiger partial charge in [0.1, 0.15) is 0 Å². The lowest BCUT2D eigenvalue weighted by Crippen LogP contribution is -2.42. The molecule has 2 N–H and O–H groups in total. The molecule has 1 unspecified atom stereocenters. The molecule has 1 aromatic heterocycles. The van der Waals surface area contributed by atoms with Crippen LogP contribution >= 0.6 is 0 Å². The summed E-state index contributed by atoms with van der Waals surface area (Å²) in [4.78, 5) is 0. The number of nitrogens with one attached hydrogen (secondary N) is 1. The van der Waals surface area contributed by atoms with Gasteiger partial charge in [-0.25, -0.2) is 0 Å². The van der Waals surface area contributed by atoms with Gasteiger partial charge in [0, 0.05) is 30.9 Å². The molecule has 4 heteroatoms. The van der Waals surface area contributed by atoms with E-state index >= 15 is 0 Å². The van der Waals surface area contributed by atoms with Gasteiger partial charge in [0.2, 0.25) is 0 Å². The topological polar surface area (TPSA) is 50.1 Å². The van der Waals surface area contributed by atoms with E-state index < -0.39 is 5.60 Å². The van der Waals surface area contributed by atoms with Crippen LogP contribution in [-0.4, -0.2) is 27.0 Å². The molecular weight excluding hydrogens is 226 g/mol. The largest absolute Gasteiger partial charge is 0.389 e. The molecule has 0 amide bonds. The van der Waals surface area contributed by atoms with Gasteiger partial charge in [-0.2, -0.15) is 5.10 Å². The molecule has 1 atom stereocenters. The number of nitrogens with zero attached hydrogens (tertiary/aromatic N) is 2. The van der Waals surface area contributed by atoms with Crippen molar-refractivity contribution < 1.29 is 5.11 Å². The fraction of sp³-hybridized carbons (Fsp3) is 0.786. The highest BCUT2D eigenvalue weighted by Crippen LogP contribution is 2.28. The van der Waals surface area contributed by atoms with Gasteiger partial charge in [-0.3, -0.25) is 4.68 Å². The van der Waals surface area contributed by atoms with Gasteiger partial charge in [0.25, 0.3) is 0 Å². The molecule has 0 aromatic carbocycles. The van der Waals surface area contributed by atoms with E-state index in [4.69, 9.17) is 0 Å². The molecular formula is C14H25N3O. The summed E-state index contributed by atoms with van der Waals surface area (Å²) in [5.74, 6) is 0. The molecule has 0 saturated heterocycles. The van der Waals surface area contributed by atoms with Gasteiger partial charge < -0.3 is 10.4 Å². The Bertz CT molecular complexity index is 394. The maximum atomic E-state index is 10.5. The quantitative estimate of drug-likeness (QED) is 0.861. The minimum Gasteiger partial charge on any atom is -0.389 e. The summed E-state index contributed by atoms with van der Waals surface area (Å²) >= 11 is 0. The molecule has 1 aliphatic rings. The first kappa shape index (κ1) is 13.6. The first-order valence-corrected chi connectivity index (χ1v) is 6.96. The van der Waals surface area contributed by atoms with Crippen molar-refractivity contribution in [2.45, 2.75) is 57.6 Å². The maximum absolute atomic E-state index is 10.5. The van der Waals surface area contributed by atoms with Crippen molar-refractivity contribution in [3.63, 3.8) is 0 Å². The molecule has 2 rings (SSSR count). The fourth-order valence-corrected chi connectivity index (χ4v) is 2.78. The monoisotopic (exact) mass is 251 g/mol. The number of rotatable bonds is 4. The lowest BCUT2D eigenvalue weighted by molar-refractivity contribution is 0.00298. The summed E-state index contributed by atoms with van der Waals surface area (Å²) in [6.07, 6.45) is 7.34. The van der Waals surface area contributed by atoms with Crippen molar-refractivity contribution in [2.24, 2.45) is 7.05 Å². The minimum absolute atomic E-state index is 0.240. The van der Waals surface area contributed by atoms with Crippen molar-refractivity contribution in [1.82, 2.24) is 15.1 Å². The summed E-state index contributed by atoms with van der Waals surface area (Å²) in [5, 5.41) is 18.2. The molecule has 0 aliphatic heterocycles. The first-order valence-electron chi connectivity index (χ1n) is 6.96. The van der Waals surface area contributed by atoms with E-state index in [1.807, 2.05) is 17.9 Å². The molecule has 1 aromatic rings. The van der Waals surface area contributed by atoms with Crippen LogP contribution in [-0.2, 0) is 7.05 Å². The Hall–Kier alpha value is -0.870. The molecule has 1 fully saturated rings. The highest BCUT2D eigenvalue weighted by atomic mass is 16.3. The third kappa shape index (κ3) is 2.93. The van der Waals surface area contributed by atoms with E-state index in [1.54, 1.807) is 0 Å². The van der Waals surface area contributed by atoms with Crippen LogP contribution in [0.25, 0.3) is 0 Å². The molecule has 0 spiro atoms. The summed E-state index contributed by atoms with van der Waals surface area (Å²) in [7, 11) is 1.96. The van der Waals surface area contributed by atoms with Gasteiger partial charge in [-0.05, 0) is 26.7 Å². The van der Waals surface area contributed by atoms with E-state index in [0.29, 0.717) is 6.54 Å². The smallest absolute Gasteiger partial charge is 0.0771 e. The fourth-order valence-electron chi connectivity index (χ4n) is 2.78. The van der Waals surface area contributed by atoms with Crippen molar-refractivity contribution in [3.8, 4) is 0 Å². The molecule has 1 saturated carbocycles. The van der Waals surface area contributed by atoms with E-state index in [0.717, 1.165) is 25.7 Å². The Morgan fingerprint density at radius 1 is 1.44 bits per heavy atom. The molecule has 102 valence electrons. The van der Waals surface area contributed by atoms with Gasteiger partial charge in [0.05, 0.1) is 11.8 Å². The van der Waals surface area contributed by atoms with E-state index in [-0.39, 0.29) is 6.04 Å². The van der Waals surface area contributed by atoms with Crippen LogP contribution in [0.3, 0.4) is 0 Å². The minimum atomic E-state index is -0.497. The number of aromatic nitrogens is 2. The van der Waals surface area contributed by atoms with Crippen LogP contribution in [0.15, 0.2) is 6.20 Å². The van der Waals surface area contributed by atoms with Crippen molar-refractivity contribution in [1.29, 1.82) is 0 Å². The van der Waals surface area contributed by atoms with Gasteiger partial charge in [-0.15, -0.1) is 0 Å². The van der Waals surface area contributed by atoms with Gasteiger partial charge in [0.15, 0.2) is 0 Å². The Morgan fingerprint density at radius 2 is 2.11 bits per heavy atom. The average Bonchev–Trinajstić information content (AvgIpc) is 2.68. The second-order valence-corrected chi connectivity index (χ2v) is 5.70. The Balaban J connectivity index is 1.91. The van der Waals surface area contributed by atoms with Crippen molar-refractivity contribution in [2.75, 3.05) is 6.54 Å². The lowest BCUT2D eigenvalue weighted by Gasteiger charge is -2.33. The number of hydrogen-bond acceptors (Lipinski definition) is 3. The third-order valence-corrected chi connectivity index (χ3v) is 4.26. The zero-order chi connectivity index (χ0) is 13.2. The van der Waals surface area contributed by atoms with Crippen LogP contribution in [0.2, 0.25) is 0 Å². The highest BCUT2D eigenvalue weighted by molar-refractivity contribution is 5.19. The van der Waals surface area contributed by atoms with Crippen molar-refractivity contribution >= 4 is 0 Å². The number of hydrogen-bond donors (Lipinski definition) is 2. The van der Waals surface area contributed by atoms with Gasteiger partial charge >= 0.3 is 0 Å². The molecule has 18 heavy (non-hydrogen) atoms. The second-order valence-electron chi connectivity index (χ2n) is 5.70. The number of aryl methyl sites for hydroxylation is 1. The SMILES string of the molecule is Cc1c(C(C)NCC2(O)CCCCC2)cnn1C. The Labute approximate surface area is 109 Å². The predicted octanol–water partition coefficient (Wildman–Crippen LogP) is 2.07. The Kier molecular flexibility index (Phi) is 4.07. The van der Waals surface area contributed by atoms with Crippen LogP contribution in [0.4, 0.5) is 0 Å². The summed E-state index contributed by atoms with van der Waals surface area (Å²) in [6.45, 7) is 4.90. The van der Waals surface area contributed by atoms with Crippen LogP contribution in [0, 0.1) is 6.92 Å². The molecule has 0 bridgehead atoms. The zero-order valence-corrected chi connectivity index (χ0v) is 11.7. The van der Waals surface area contributed by atoms with E-state index in [2.05, 4.69) is 24.3 Å². The maximum Gasteiger partial charge on any atom is 0.0771 e. The molecule has 0 radical (unpaired) electrons. The standard InChI is InChI=1S/C14H25N3O/c1-11(13-9-16-17(3)12(13)2)15-10-14(18)7-5-4-6-8-14/h9,11,15,18H,4-8,10H2,1-3H3. The van der Waals surface area contributed by atoms with E-state index in [1.165, 1.54) is 17.7 Å².